The van der Waals surface area contributed by atoms with Crippen LogP contribution in [0.2, 0.25) is 0 Å². The molecule has 0 aliphatic heterocycles. The van der Waals surface area contributed by atoms with Crippen LogP contribution < -0.4 is 0 Å². The molecule has 22 heavy (non-hydrogen) atoms. The maximum Gasteiger partial charge on any atom is 0.268 e. The maximum absolute atomic E-state index is 5.79. The van der Waals surface area contributed by atoms with Crippen LogP contribution >= 0.6 is 0 Å². The smallest absolute Gasteiger partial charge is 0.268 e. The number of aromatic nitrogens is 5. The highest BCUT2D eigenvalue weighted by Crippen LogP contribution is 2.31. The van der Waals surface area contributed by atoms with Crippen molar-refractivity contribution in [2.45, 2.75) is 6.92 Å². The van der Waals surface area contributed by atoms with Gasteiger partial charge in [0.25, 0.3) is 5.89 Å². The number of hydrogen-bond donors (Lipinski definition) is 0. The molecule has 1 aromatic carbocycles. The Bertz CT molecular complexity index is 949. The summed E-state index contributed by atoms with van der Waals surface area (Å²) in [5.41, 5.74) is 3.39. The molecule has 3 aromatic heterocycles. The summed E-state index contributed by atoms with van der Waals surface area (Å²) < 4.78 is 5.79. The van der Waals surface area contributed by atoms with E-state index in [1.165, 1.54) is 0 Å². The quantitative estimate of drug-likeness (QED) is 0.564. The minimum Gasteiger partial charge on any atom is -0.415 e. The number of benzene rings is 1. The van der Waals surface area contributed by atoms with Gasteiger partial charge in [-0.25, -0.2) is 4.98 Å². The van der Waals surface area contributed by atoms with Crippen molar-refractivity contribution in [1.82, 2.24) is 25.1 Å². The largest absolute Gasteiger partial charge is 0.415 e. The molecule has 0 bridgehead atoms. The first kappa shape index (κ1) is 12.6. The van der Waals surface area contributed by atoms with Gasteiger partial charge < -0.3 is 4.42 Å². The molecule has 0 amide bonds. The molecule has 0 N–H and O–H groups in total. The van der Waals surface area contributed by atoms with Crippen LogP contribution in [-0.2, 0) is 0 Å². The first-order chi connectivity index (χ1) is 10.8. The Balaban J connectivity index is 1.90. The Morgan fingerprint density at radius 1 is 0.909 bits per heavy atom. The van der Waals surface area contributed by atoms with Gasteiger partial charge in [0, 0.05) is 24.0 Å². The monoisotopic (exact) mass is 289 g/mol. The van der Waals surface area contributed by atoms with E-state index in [0.717, 1.165) is 22.0 Å². The van der Waals surface area contributed by atoms with Crippen LogP contribution in [0.5, 0.6) is 0 Å². The van der Waals surface area contributed by atoms with Crippen molar-refractivity contribution in [1.29, 1.82) is 0 Å². The molecule has 0 saturated carbocycles. The SMILES string of the molecule is Cc1ccc2ncccc2c1-c1nnc(-c2cnccn2)o1. The van der Waals surface area contributed by atoms with Gasteiger partial charge in [0.1, 0.15) is 5.69 Å². The molecule has 6 nitrogen and oxygen atoms in total. The van der Waals surface area contributed by atoms with Gasteiger partial charge in [-0.1, -0.05) is 12.1 Å². The van der Waals surface area contributed by atoms with Gasteiger partial charge >= 0.3 is 0 Å². The van der Waals surface area contributed by atoms with Gasteiger partial charge in [0.2, 0.25) is 5.89 Å². The highest BCUT2D eigenvalue weighted by atomic mass is 16.4. The van der Waals surface area contributed by atoms with Crippen LogP contribution in [0, 0.1) is 6.92 Å². The third-order valence-corrected chi connectivity index (χ3v) is 3.41. The Morgan fingerprint density at radius 3 is 2.68 bits per heavy atom. The molecular formula is C16H11N5O. The zero-order valence-corrected chi connectivity index (χ0v) is 11.8. The van der Waals surface area contributed by atoms with E-state index in [4.69, 9.17) is 4.42 Å². The second kappa shape index (κ2) is 5.00. The average molecular weight is 289 g/mol. The summed E-state index contributed by atoms with van der Waals surface area (Å²) in [7, 11) is 0. The standard InChI is InChI=1S/C16H11N5O/c1-10-4-5-12-11(3-2-6-18-12)14(10)16-21-20-15(22-16)13-9-17-7-8-19-13/h2-9H,1H3. The molecule has 0 unspecified atom stereocenters. The van der Waals surface area contributed by atoms with E-state index in [1.807, 2.05) is 31.2 Å². The Kier molecular flexibility index (Phi) is 2.86. The van der Waals surface area contributed by atoms with Gasteiger partial charge in [-0.3, -0.25) is 9.97 Å². The molecular weight excluding hydrogens is 278 g/mol. The van der Waals surface area contributed by atoms with Gasteiger partial charge in [-0.2, -0.15) is 0 Å². The molecule has 106 valence electrons. The summed E-state index contributed by atoms with van der Waals surface area (Å²) in [5, 5.41) is 9.22. The first-order valence-electron chi connectivity index (χ1n) is 6.77. The van der Waals surface area contributed by atoms with Crippen molar-refractivity contribution in [3.63, 3.8) is 0 Å². The predicted octanol–water partition coefficient (Wildman–Crippen LogP) is 3.05. The fourth-order valence-corrected chi connectivity index (χ4v) is 2.38. The van der Waals surface area contributed by atoms with Crippen LogP contribution in [0.1, 0.15) is 5.56 Å². The third kappa shape index (κ3) is 2.01. The summed E-state index contributed by atoms with van der Waals surface area (Å²) in [4.78, 5) is 12.5. The minimum atomic E-state index is 0.350. The van der Waals surface area contributed by atoms with E-state index in [-0.39, 0.29) is 0 Å². The summed E-state index contributed by atoms with van der Waals surface area (Å²) >= 11 is 0. The number of aryl methyl sites for hydroxylation is 1. The lowest BCUT2D eigenvalue weighted by Gasteiger charge is -2.05. The molecule has 0 aliphatic rings. The van der Waals surface area contributed by atoms with Gasteiger partial charge in [0.15, 0.2) is 0 Å². The zero-order valence-electron chi connectivity index (χ0n) is 11.8. The first-order valence-corrected chi connectivity index (χ1v) is 6.77. The molecule has 0 spiro atoms. The summed E-state index contributed by atoms with van der Waals surface area (Å²) in [5.74, 6) is 0.806. The van der Waals surface area contributed by atoms with Crippen molar-refractivity contribution in [3.05, 3.63) is 54.6 Å². The number of rotatable bonds is 2. The summed E-state index contributed by atoms with van der Waals surface area (Å²) in [6, 6.07) is 7.87. The van der Waals surface area contributed by atoms with Crippen molar-refractivity contribution >= 4 is 10.9 Å². The highest BCUT2D eigenvalue weighted by molar-refractivity contribution is 5.94. The lowest BCUT2D eigenvalue weighted by molar-refractivity contribution is 0.582. The van der Waals surface area contributed by atoms with Gasteiger partial charge in [-0.05, 0) is 24.6 Å². The molecule has 0 aliphatic carbocycles. The van der Waals surface area contributed by atoms with E-state index >= 15 is 0 Å². The second-order valence-corrected chi connectivity index (χ2v) is 4.83. The van der Waals surface area contributed by atoms with Crippen LogP contribution in [-0.4, -0.2) is 25.1 Å². The van der Waals surface area contributed by atoms with Crippen LogP contribution in [0.4, 0.5) is 0 Å². The summed E-state index contributed by atoms with van der Waals surface area (Å²) in [6.45, 7) is 2.01. The van der Waals surface area contributed by atoms with Crippen molar-refractivity contribution in [2.24, 2.45) is 0 Å². The molecule has 4 rings (SSSR count). The molecule has 0 atom stereocenters. The predicted molar refractivity (Wildman–Crippen MR) is 80.8 cm³/mol. The minimum absolute atomic E-state index is 0.350. The molecule has 4 aromatic rings. The van der Waals surface area contributed by atoms with Crippen molar-refractivity contribution in [3.8, 4) is 23.0 Å². The van der Waals surface area contributed by atoms with Crippen LogP contribution in [0.3, 0.4) is 0 Å². The number of hydrogen-bond acceptors (Lipinski definition) is 6. The average Bonchev–Trinajstić information content (AvgIpc) is 3.05. The molecule has 0 saturated heterocycles. The topological polar surface area (TPSA) is 77.6 Å². The van der Waals surface area contributed by atoms with Crippen molar-refractivity contribution in [2.75, 3.05) is 0 Å². The third-order valence-electron chi connectivity index (χ3n) is 3.41. The van der Waals surface area contributed by atoms with Gasteiger partial charge in [0.05, 0.1) is 17.3 Å². The van der Waals surface area contributed by atoms with E-state index in [0.29, 0.717) is 17.5 Å². The van der Waals surface area contributed by atoms with E-state index < -0.39 is 0 Å². The fourth-order valence-electron chi connectivity index (χ4n) is 2.38. The summed E-state index contributed by atoms with van der Waals surface area (Å²) in [6.07, 6.45) is 6.54. The highest BCUT2D eigenvalue weighted by Gasteiger charge is 2.16. The van der Waals surface area contributed by atoms with E-state index in [9.17, 15) is 0 Å². The van der Waals surface area contributed by atoms with E-state index in [2.05, 4.69) is 25.1 Å². The zero-order chi connectivity index (χ0) is 14.9. The lowest BCUT2D eigenvalue weighted by atomic mass is 10.0. The molecule has 3 heterocycles. The number of fused-ring (bicyclic) bond motifs is 1. The fraction of sp³-hybridized carbons (Fsp3) is 0.0625. The Morgan fingerprint density at radius 2 is 1.82 bits per heavy atom. The number of nitrogens with zero attached hydrogens (tertiary/aromatic N) is 5. The molecule has 6 heteroatoms. The number of pyridine rings is 1. The Hall–Kier alpha value is -3.15. The van der Waals surface area contributed by atoms with Crippen LogP contribution in [0.15, 0.2) is 53.5 Å². The Labute approximate surface area is 125 Å². The van der Waals surface area contributed by atoms with Crippen LogP contribution in [0.25, 0.3) is 33.9 Å². The normalized spacial score (nSPS) is 11.0. The van der Waals surface area contributed by atoms with Gasteiger partial charge in [-0.15, -0.1) is 10.2 Å². The molecule has 0 fully saturated rings. The maximum atomic E-state index is 5.79. The van der Waals surface area contributed by atoms with Crippen molar-refractivity contribution < 1.29 is 4.42 Å². The second-order valence-electron chi connectivity index (χ2n) is 4.83. The lowest BCUT2D eigenvalue weighted by Crippen LogP contribution is -1.88. The molecule has 0 radical (unpaired) electrons. The van der Waals surface area contributed by atoms with E-state index in [1.54, 1.807) is 24.8 Å².